The van der Waals surface area contributed by atoms with Gasteiger partial charge in [-0.05, 0) is 33.4 Å². The van der Waals surface area contributed by atoms with Crippen LogP contribution >= 0.6 is 0 Å². The summed E-state index contributed by atoms with van der Waals surface area (Å²) in [4.78, 5) is 12.2. The molecule has 0 aliphatic carbocycles. The van der Waals surface area contributed by atoms with E-state index in [9.17, 15) is 13.2 Å². The number of rotatable bonds is 8. The van der Waals surface area contributed by atoms with Gasteiger partial charge in [-0.15, -0.1) is 0 Å². The molecule has 0 aromatic heterocycles. The molecule has 0 radical (unpaired) electrons. The van der Waals surface area contributed by atoms with Gasteiger partial charge >= 0.3 is 5.97 Å². The number of aliphatic carboxylic acids is 1. The lowest BCUT2D eigenvalue weighted by molar-refractivity contribution is -0.132. The summed E-state index contributed by atoms with van der Waals surface area (Å²) >= 11 is 0. The number of hydrogen-bond donors (Lipinski definition) is 3. The number of allylic oxidation sites excluding steroid dienone is 1. The molecule has 18 heavy (non-hydrogen) atoms. The molecular formula is C10H19NO6S. The molecule has 0 fully saturated rings. The second-order valence-electron chi connectivity index (χ2n) is 4.06. The first-order valence-electron chi connectivity index (χ1n) is 5.38. The molecule has 0 heterocycles. The van der Waals surface area contributed by atoms with Gasteiger partial charge in [0.2, 0.25) is 0 Å². The van der Waals surface area contributed by atoms with Crippen LogP contribution in [-0.4, -0.2) is 61.3 Å². The molecule has 0 rings (SSSR count). The van der Waals surface area contributed by atoms with Crippen molar-refractivity contribution >= 4 is 16.1 Å². The Morgan fingerprint density at radius 3 is 2.11 bits per heavy atom. The van der Waals surface area contributed by atoms with Gasteiger partial charge in [-0.25, -0.2) is 4.79 Å². The molecule has 106 valence electrons. The lowest BCUT2D eigenvalue weighted by Crippen LogP contribution is -2.19. The summed E-state index contributed by atoms with van der Waals surface area (Å²) in [6, 6.07) is 0. The molecule has 0 bridgehead atoms. The predicted octanol–water partition coefficient (Wildman–Crippen LogP) is -0.0629. The summed E-state index contributed by atoms with van der Waals surface area (Å²) in [5, 5.41) is 17.7. The molecule has 0 aliphatic rings. The number of hydrogen-bond acceptors (Lipinski definition) is 5. The van der Waals surface area contributed by atoms with Crippen molar-refractivity contribution in [3.8, 4) is 0 Å². The van der Waals surface area contributed by atoms with Crippen molar-refractivity contribution in [2.24, 2.45) is 0 Å². The van der Waals surface area contributed by atoms with Crippen LogP contribution in [0, 0.1) is 0 Å². The SMILES string of the molecule is CN(C)CCC(C(=O)O)=C(CCCO)S(=O)(=O)O. The molecule has 0 amide bonds. The normalized spacial score (nSPS) is 13.6. The van der Waals surface area contributed by atoms with E-state index in [1.165, 1.54) is 0 Å². The van der Waals surface area contributed by atoms with Crippen molar-refractivity contribution in [2.45, 2.75) is 19.3 Å². The van der Waals surface area contributed by atoms with Crippen LogP contribution in [0.5, 0.6) is 0 Å². The maximum absolute atomic E-state index is 11.2. The number of carboxylic acid groups (broad SMARTS) is 1. The Bertz CT molecular complexity index is 412. The first kappa shape index (κ1) is 17.0. The minimum absolute atomic E-state index is 0.00286. The molecule has 0 aliphatic heterocycles. The van der Waals surface area contributed by atoms with Crippen LogP contribution in [0.25, 0.3) is 0 Å². The van der Waals surface area contributed by atoms with Crippen LogP contribution in [-0.2, 0) is 14.9 Å². The fourth-order valence-electron chi connectivity index (χ4n) is 1.38. The average molecular weight is 281 g/mol. The average Bonchev–Trinajstić information content (AvgIpc) is 2.20. The third-order valence-electron chi connectivity index (χ3n) is 2.28. The summed E-state index contributed by atoms with van der Waals surface area (Å²) in [5.74, 6) is -1.37. The van der Waals surface area contributed by atoms with Gasteiger partial charge in [-0.3, -0.25) is 4.55 Å². The highest BCUT2D eigenvalue weighted by atomic mass is 32.2. The third kappa shape index (κ3) is 6.10. The van der Waals surface area contributed by atoms with Gasteiger partial charge in [0.15, 0.2) is 0 Å². The summed E-state index contributed by atoms with van der Waals surface area (Å²) in [6.07, 6.45) is -0.110. The van der Waals surface area contributed by atoms with Crippen molar-refractivity contribution in [1.29, 1.82) is 0 Å². The van der Waals surface area contributed by atoms with Crippen molar-refractivity contribution in [3.05, 3.63) is 10.5 Å². The molecule has 0 aromatic carbocycles. The van der Waals surface area contributed by atoms with Gasteiger partial charge in [0.05, 0.1) is 10.5 Å². The van der Waals surface area contributed by atoms with E-state index in [1.807, 2.05) is 0 Å². The maximum Gasteiger partial charge on any atom is 0.332 e. The van der Waals surface area contributed by atoms with Crippen molar-refractivity contribution in [3.63, 3.8) is 0 Å². The minimum Gasteiger partial charge on any atom is -0.478 e. The van der Waals surface area contributed by atoms with E-state index in [0.29, 0.717) is 6.54 Å². The minimum atomic E-state index is -4.56. The Morgan fingerprint density at radius 1 is 1.22 bits per heavy atom. The van der Waals surface area contributed by atoms with Gasteiger partial charge in [-0.2, -0.15) is 8.42 Å². The summed E-state index contributed by atoms with van der Waals surface area (Å²) in [5.41, 5.74) is -0.334. The smallest absolute Gasteiger partial charge is 0.332 e. The number of carbonyl (C=O) groups is 1. The van der Waals surface area contributed by atoms with Gasteiger partial charge in [0.1, 0.15) is 0 Å². The van der Waals surface area contributed by atoms with Crippen LogP contribution in [0.3, 0.4) is 0 Å². The quantitative estimate of drug-likeness (QED) is 0.421. The highest BCUT2D eigenvalue weighted by Crippen LogP contribution is 2.20. The van der Waals surface area contributed by atoms with Crippen molar-refractivity contribution in [2.75, 3.05) is 27.2 Å². The molecule has 7 nitrogen and oxygen atoms in total. The first-order chi connectivity index (χ1) is 8.20. The van der Waals surface area contributed by atoms with E-state index in [1.54, 1.807) is 19.0 Å². The fraction of sp³-hybridized carbons (Fsp3) is 0.700. The van der Waals surface area contributed by atoms with E-state index < -0.39 is 21.0 Å². The highest BCUT2D eigenvalue weighted by molar-refractivity contribution is 7.89. The number of nitrogens with zero attached hydrogens (tertiary/aromatic N) is 1. The molecule has 3 N–H and O–H groups in total. The zero-order chi connectivity index (χ0) is 14.3. The zero-order valence-corrected chi connectivity index (χ0v) is 11.3. The molecule has 0 saturated heterocycles. The highest BCUT2D eigenvalue weighted by Gasteiger charge is 2.23. The van der Waals surface area contributed by atoms with E-state index in [4.69, 9.17) is 14.8 Å². The Morgan fingerprint density at radius 2 is 1.78 bits per heavy atom. The first-order valence-corrected chi connectivity index (χ1v) is 6.82. The van der Waals surface area contributed by atoms with E-state index in [2.05, 4.69) is 0 Å². The predicted molar refractivity (Wildman–Crippen MR) is 65.7 cm³/mol. The maximum atomic E-state index is 11.2. The largest absolute Gasteiger partial charge is 0.478 e. The van der Waals surface area contributed by atoms with E-state index in [0.717, 1.165) is 0 Å². The number of aliphatic hydroxyl groups is 1. The Kier molecular flexibility index (Phi) is 7.07. The molecule has 0 spiro atoms. The van der Waals surface area contributed by atoms with Crippen molar-refractivity contribution < 1.29 is 28.0 Å². The summed E-state index contributed by atoms with van der Waals surface area (Å²) in [7, 11) is -1.12. The van der Waals surface area contributed by atoms with E-state index >= 15 is 0 Å². The third-order valence-corrected chi connectivity index (χ3v) is 3.35. The van der Waals surface area contributed by atoms with Crippen LogP contribution in [0.2, 0.25) is 0 Å². The van der Waals surface area contributed by atoms with Crippen LogP contribution in [0.1, 0.15) is 19.3 Å². The zero-order valence-electron chi connectivity index (χ0n) is 10.5. The second kappa shape index (κ2) is 7.47. The summed E-state index contributed by atoms with van der Waals surface area (Å²) in [6.45, 7) is 0.0688. The van der Waals surface area contributed by atoms with Crippen LogP contribution in [0.15, 0.2) is 10.5 Å². The molecule has 0 unspecified atom stereocenters. The standard InChI is InChI=1S/C10H19NO6S/c1-11(2)6-5-8(10(13)14)9(4-3-7-12)18(15,16)17/h12H,3-7H2,1-2H3,(H,13,14)(H,15,16,17). The molecule has 0 saturated carbocycles. The van der Waals surface area contributed by atoms with Crippen molar-refractivity contribution in [1.82, 2.24) is 4.90 Å². The second-order valence-corrected chi connectivity index (χ2v) is 5.51. The van der Waals surface area contributed by atoms with Gasteiger partial charge in [0.25, 0.3) is 10.1 Å². The number of carboxylic acids is 1. The lowest BCUT2D eigenvalue weighted by Gasteiger charge is -2.13. The molecule has 0 atom stereocenters. The van der Waals surface area contributed by atoms with E-state index in [-0.39, 0.29) is 31.4 Å². The molecule has 8 heteroatoms. The fourth-order valence-corrected chi connectivity index (χ4v) is 2.28. The van der Waals surface area contributed by atoms with Crippen LogP contribution in [0.4, 0.5) is 0 Å². The van der Waals surface area contributed by atoms with Crippen LogP contribution < -0.4 is 0 Å². The monoisotopic (exact) mass is 281 g/mol. The molecule has 0 aromatic rings. The van der Waals surface area contributed by atoms with Gasteiger partial charge in [0, 0.05) is 13.2 Å². The molecular weight excluding hydrogens is 262 g/mol. The number of aliphatic hydroxyl groups excluding tert-OH is 1. The Hall–Kier alpha value is -0.960. The topological polar surface area (TPSA) is 115 Å². The Balaban J connectivity index is 5.35. The lowest BCUT2D eigenvalue weighted by atomic mass is 10.1. The Labute approximate surface area is 106 Å². The van der Waals surface area contributed by atoms with Gasteiger partial charge in [-0.1, -0.05) is 0 Å². The summed E-state index contributed by atoms with van der Waals surface area (Å²) < 4.78 is 31.4. The van der Waals surface area contributed by atoms with Gasteiger partial charge < -0.3 is 15.1 Å².